The van der Waals surface area contributed by atoms with Gasteiger partial charge in [0.15, 0.2) is 0 Å². The first-order chi connectivity index (χ1) is 18.0. The molecule has 0 fully saturated rings. The van der Waals surface area contributed by atoms with Crippen LogP contribution < -0.4 is 11.1 Å². The van der Waals surface area contributed by atoms with Gasteiger partial charge in [-0.2, -0.15) is 0 Å². The average Bonchev–Trinajstić information content (AvgIpc) is 2.74. The molecule has 10 radical (unpaired) electrons. The summed E-state index contributed by atoms with van der Waals surface area (Å²) in [6.07, 6.45) is 2.12. The lowest BCUT2D eigenvalue weighted by atomic mass is 9.81. The van der Waals surface area contributed by atoms with Gasteiger partial charge in [0, 0.05) is 45.9 Å². The van der Waals surface area contributed by atoms with Gasteiger partial charge in [-0.15, -0.1) is 0 Å². The van der Waals surface area contributed by atoms with Crippen LogP contribution in [0.1, 0.15) is 83.1 Å². The quantitative estimate of drug-likeness (QED) is 0.184. The number of aliphatic hydroxyl groups excluding tert-OH is 1. The van der Waals surface area contributed by atoms with Crippen molar-refractivity contribution in [2.75, 3.05) is 26.5 Å². The summed E-state index contributed by atoms with van der Waals surface area (Å²) in [7, 11) is 6.23. The van der Waals surface area contributed by atoms with E-state index in [1.807, 2.05) is 41.5 Å². The van der Waals surface area contributed by atoms with Crippen LogP contribution in [-0.2, 0) is 24.3 Å². The number of hydrogen-bond acceptors (Lipinski definition) is 9. The fourth-order valence-corrected chi connectivity index (χ4v) is 2.72. The number of nitrogens with one attached hydrogen (secondary N) is 1. The molecule has 0 heterocycles. The number of hydrogen-bond donors (Lipinski definition) is 4. The van der Waals surface area contributed by atoms with Crippen LogP contribution in [0.15, 0.2) is 4.99 Å². The Hall–Kier alpha value is -1.79. The van der Waals surface area contributed by atoms with Gasteiger partial charge in [0.25, 0.3) is 0 Å². The van der Waals surface area contributed by atoms with E-state index in [4.69, 9.17) is 20.7 Å². The van der Waals surface area contributed by atoms with Crippen molar-refractivity contribution in [2.45, 2.75) is 107 Å². The molecule has 0 aromatic heterocycles. The number of likely N-dealkylation sites (N-methyl/N-ethyl adjacent to an activating group) is 1. The van der Waals surface area contributed by atoms with Crippen molar-refractivity contribution in [2.24, 2.45) is 27.0 Å². The molecule has 12 nitrogen and oxygen atoms in total. The highest BCUT2D eigenvalue weighted by atomic mass is 32.2. The summed E-state index contributed by atoms with van der Waals surface area (Å²) in [6.45, 7) is 22.4. The molecule has 0 aromatic carbocycles. The minimum absolute atomic E-state index is 0. The first kappa shape index (κ1) is 53.7. The van der Waals surface area contributed by atoms with Crippen molar-refractivity contribution in [3.8, 4) is 0 Å². The molecule has 0 aliphatic rings. The molecule has 0 aromatic rings. The third-order valence-electron chi connectivity index (χ3n) is 5.32. The van der Waals surface area contributed by atoms with Gasteiger partial charge in [-0.3, -0.25) is 4.79 Å². The smallest absolute Gasteiger partial charge is 0.407 e. The number of carboxylic acid groups (broad SMARTS) is 1. The van der Waals surface area contributed by atoms with E-state index in [1.54, 1.807) is 41.5 Å². The molecule has 43 heavy (non-hydrogen) atoms. The zero-order valence-electron chi connectivity index (χ0n) is 28.7. The molecule has 5 N–H and O–H groups in total. The topological polar surface area (TPSA) is 189 Å². The number of nitrogens with zero attached hydrogens (tertiary/aromatic N) is 2. The molecule has 0 unspecified atom stereocenters. The molecule has 0 aliphatic carbocycles. The number of aliphatic imine (C=N–C) groups is 1. The van der Waals surface area contributed by atoms with E-state index >= 15 is 0 Å². The van der Waals surface area contributed by atoms with Gasteiger partial charge in [-0.1, -0.05) is 62.3 Å². The summed E-state index contributed by atoms with van der Waals surface area (Å²) in [4.78, 5) is 35.5. The predicted octanol–water partition coefficient (Wildman–Crippen LogP) is 1.47. The number of aliphatic hydroxyl groups is 1. The fraction of sp³-hybridized carbons (Fsp3) is 0.885. The minimum atomic E-state index is -3.23. The second-order valence-corrected chi connectivity index (χ2v) is 15.7. The van der Waals surface area contributed by atoms with Crippen molar-refractivity contribution in [1.82, 2.24) is 9.62 Å². The number of nitrogens with two attached hydrogens (primary N) is 1. The molecule has 1 amide bonds. The Morgan fingerprint density at radius 1 is 0.953 bits per heavy atom. The Morgan fingerprint density at radius 3 is 1.53 bits per heavy atom. The van der Waals surface area contributed by atoms with E-state index in [0.29, 0.717) is 0 Å². The average molecular weight is 626 g/mol. The van der Waals surface area contributed by atoms with Crippen LogP contribution in [0.25, 0.3) is 0 Å². The first-order valence-corrected chi connectivity index (χ1v) is 14.8. The number of carbonyl (C=O) groups is 2. The van der Waals surface area contributed by atoms with Gasteiger partial charge in [0.2, 0.25) is 16.1 Å². The highest BCUT2D eigenvalue weighted by Gasteiger charge is 2.29. The number of alkyl carbamates (subject to hydrolysis) is 1. The molecule has 0 bridgehead atoms. The van der Waals surface area contributed by atoms with Gasteiger partial charge in [-0.05, 0) is 37.0 Å². The molecular formula is C26H54B4N4O8S. The number of sulfonamides is 1. The monoisotopic (exact) mass is 626 g/mol. The molecule has 0 spiro atoms. The van der Waals surface area contributed by atoms with E-state index in [1.165, 1.54) is 17.4 Å². The number of carbonyl (C=O) groups excluding carboxylic acids is 2. The third-order valence-corrected chi connectivity index (χ3v) is 6.60. The maximum absolute atomic E-state index is 11.4. The number of carboxylic acids is 1. The van der Waals surface area contributed by atoms with Crippen molar-refractivity contribution in [1.29, 1.82) is 0 Å². The van der Waals surface area contributed by atoms with E-state index < -0.39 is 33.7 Å². The standard InChI is InChI=1S/C11H23NO3.C9H18N2O3S.C6H13NO2.B2.2B/c1-10(2,3)8(7-13)12-9(14)15-11(4,5)6;1-9(2,3)8(10-7-12)6-11(4)15(5,13)14;1-6(2,3)4(7)5(8)9;1-2;;/h8,13H,7H2,1-6H3,(H,12,14);8H,6H2,1-5H3;4H,7H2,1-3H3,(H,8,9);;;/t2*8-;4-;;;/m111.../s1. The normalized spacial score (nSPS) is 13.5. The summed E-state index contributed by atoms with van der Waals surface area (Å²) >= 11 is 0. The molecule has 0 saturated carbocycles. The predicted molar refractivity (Wildman–Crippen MR) is 177 cm³/mol. The Bertz CT molecular complexity index is 923. The number of isocyanates is 1. The second-order valence-electron chi connectivity index (χ2n) is 13.6. The third kappa shape index (κ3) is 30.0. The molecule has 244 valence electrons. The van der Waals surface area contributed by atoms with Crippen molar-refractivity contribution in [3.05, 3.63) is 0 Å². The molecule has 0 saturated heterocycles. The molecule has 3 atom stereocenters. The van der Waals surface area contributed by atoms with Crippen LogP contribution >= 0.6 is 0 Å². The van der Waals surface area contributed by atoms with Crippen LogP contribution in [0.2, 0.25) is 0 Å². The van der Waals surface area contributed by atoms with E-state index in [-0.39, 0.29) is 58.3 Å². The number of amides is 1. The van der Waals surface area contributed by atoms with Crippen LogP contribution in [0.4, 0.5) is 4.79 Å². The Labute approximate surface area is 267 Å². The van der Waals surface area contributed by atoms with Crippen LogP contribution in [0.3, 0.4) is 0 Å². The summed E-state index contributed by atoms with van der Waals surface area (Å²) in [5, 5.41) is 20.2. The second kappa shape index (κ2) is 22.7. The Balaban J connectivity index is -0.000000117. The van der Waals surface area contributed by atoms with Gasteiger partial charge >= 0.3 is 12.1 Å². The Morgan fingerprint density at radius 2 is 1.35 bits per heavy atom. The highest BCUT2D eigenvalue weighted by molar-refractivity contribution is 7.88. The number of ether oxygens (including phenoxy) is 1. The van der Waals surface area contributed by atoms with E-state index in [9.17, 15) is 22.8 Å². The summed E-state index contributed by atoms with van der Waals surface area (Å²) in [5.74, 6) is -0.942. The minimum Gasteiger partial charge on any atom is -0.480 e. The van der Waals surface area contributed by atoms with Gasteiger partial charge < -0.3 is 26.0 Å². The summed E-state index contributed by atoms with van der Waals surface area (Å²) < 4.78 is 28.7. The van der Waals surface area contributed by atoms with Gasteiger partial charge in [-0.25, -0.2) is 27.3 Å². The van der Waals surface area contributed by atoms with Crippen LogP contribution in [0, 0.1) is 16.2 Å². The zero-order valence-corrected chi connectivity index (χ0v) is 29.5. The maximum Gasteiger partial charge on any atom is 0.407 e. The lowest BCUT2D eigenvalue weighted by molar-refractivity contribution is -0.141. The molecular weight excluding hydrogens is 572 g/mol. The lowest BCUT2D eigenvalue weighted by Gasteiger charge is -2.30. The summed E-state index contributed by atoms with van der Waals surface area (Å²) in [6, 6.07) is -1.44. The molecule has 0 rings (SSSR count). The van der Waals surface area contributed by atoms with E-state index in [2.05, 4.69) is 25.8 Å². The van der Waals surface area contributed by atoms with Gasteiger partial charge in [0.05, 0.1) is 24.9 Å². The highest BCUT2D eigenvalue weighted by Crippen LogP contribution is 2.23. The van der Waals surface area contributed by atoms with Crippen LogP contribution in [-0.4, -0.2) is 124 Å². The summed E-state index contributed by atoms with van der Waals surface area (Å²) in [5.41, 5.74) is 3.98. The molecule has 0 aliphatic heterocycles. The largest absolute Gasteiger partial charge is 0.480 e. The van der Waals surface area contributed by atoms with Crippen molar-refractivity contribution >= 4 is 60.5 Å². The fourth-order valence-electron chi connectivity index (χ4n) is 2.31. The van der Waals surface area contributed by atoms with Gasteiger partial charge in [0.1, 0.15) is 11.6 Å². The zero-order chi connectivity index (χ0) is 34.2. The number of rotatable bonds is 7. The van der Waals surface area contributed by atoms with Crippen LogP contribution in [0.5, 0.6) is 0 Å². The first-order valence-electron chi connectivity index (χ1n) is 12.9. The number of aliphatic carboxylic acids is 1. The lowest BCUT2D eigenvalue weighted by Crippen LogP contribution is -2.47. The van der Waals surface area contributed by atoms with E-state index in [0.717, 1.165) is 6.26 Å². The van der Waals surface area contributed by atoms with Crippen molar-refractivity contribution < 1.29 is 37.8 Å². The maximum atomic E-state index is 11.4. The SMILES string of the molecule is CC(C)(C)OC(=O)N[C@H](CO)C(C)(C)C.CC(C)(C)[C@H](N)C(=O)O.CN(C[C@@H](N=C=O)C(C)(C)C)S(C)(=O)=O.[B].[B].[B][B]. The van der Waals surface area contributed by atoms with Crippen molar-refractivity contribution in [3.63, 3.8) is 0 Å². The molecule has 17 heteroatoms. The Kier molecular flexibility index (Phi) is 28.3.